The average molecular weight is 765 g/mol. The van der Waals surface area contributed by atoms with Gasteiger partial charge in [0, 0.05) is 10.9 Å². The Bertz CT molecular complexity index is 2260. The molecule has 10 nitrogen and oxygen atoms in total. The topological polar surface area (TPSA) is 125 Å². The minimum Gasteiger partial charge on any atom is -0.504 e. The highest BCUT2D eigenvalue weighted by atomic mass is 35.5. The summed E-state index contributed by atoms with van der Waals surface area (Å²) < 4.78 is 10.8. The number of nitrogens with zero attached hydrogens (tertiary/aromatic N) is 2. The summed E-state index contributed by atoms with van der Waals surface area (Å²) in [5.74, 6) is -4.43. The first-order valence-electron chi connectivity index (χ1n) is 17.5. The van der Waals surface area contributed by atoms with Gasteiger partial charge in [0.1, 0.15) is 5.75 Å². The third-order valence-electron chi connectivity index (χ3n) is 11.3. The summed E-state index contributed by atoms with van der Waals surface area (Å²) in [6.07, 6.45) is 6.13. The Labute approximate surface area is 321 Å². The molecule has 4 aromatic carbocycles. The molecule has 3 fully saturated rings. The number of rotatable bonds is 8. The van der Waals surface area contributed by atoms with Gasteiger partial charge in [-0.3, -0.25) is 29.5 Å². The van der Waals surface area contributed by atoms with E-state index in [1.165, 1.54) is 24.1 Å². The van der Waals surface area contributed by atoms with Gasteiger partial charge in [0.15, 0.2) is 11.5 Å². The lowest BCUT2D eigenvalue weighted by molar-refractivity contribution is -0.139. The van der Waals surface area contributed by atoms with Gasteiger partial charge in [0.25, 0.3) is 11.8 Å². The van der Waals surface area contributed by atoms with E-state index in [1.807, 2.05) is 24.3 Å². The number of halogens is 2. The number of para-hydroxylation sites is 1. The molecule has 0 bridgehead atoms. The molecule has 274 valence electrons. The molecule has 1 saturated carbocycles. The maximum Gasteiger partial charge on any atom is 0.260 e. The van der Waals surface area contributed by atoms with Crippen LogP contribution < -0.4 is 19.8 Å². The van der Waals surface area contributed by atoms with Crippen LogP contribution in [0.1, 0.15) is 24.0 Å². The van der Waals surface area contributed by atoms with Gasteiger partial charge in [0.2, 0.25) is 11.8 Å². The molecule has 8 rings (SSSR count). The molecule has 4 aromatic rings. The Morgan fingerprint density at radius 1 is 0.852 bits per heavy atom. The number of imide groups is 2. The Balaban J connectivity index is 1.31. The van der Waals surface area contributed by atoms with Crippen molar-refractivity contribution in [1.29, 1.82) is 0 Å². The van der Waals surface area contributed by atoms with Gasteiger partial charge in [-0.05, 0) is 84.5 Å². The fourth-order valence-electron chi connectivity index (χ4n) is 8.93. The zero-order valence-electron chi connectivity index (χ0n) is 29.2. The Morgan fingerprint density at radius 2 is 1.61 bits per heavy atom. The van der Waals surface area contributed by atoms with Crippen molar-refractivity contribution in [2.75, 3.05) is 24.5 Å². The molecule has 6 atom stereocenters. The van der Waals surface area contributed by atoms with E-state index in [9.17, 15) is 19.5 Å². The SMILES string of the molecule is COc1ccc(C23C(=O)N(Nc4ccc(Cl)cc4Cl)C(=O)C2CC2C(=CCC4C(=O)N(c5ccccc5)C(=O)C42)C3C=Cc2ccc(O)c(OC)c2)cc1. The largest absolute Gasteiger partial charge is 0.504 e. The number of aromatic hydroxyl groups is 1. The molecule has 0 spiro atoms. The summed E-state index contributed by atoms with van der Waals surface area (Å²) in [6, 6.07) is 25.6. The number of benzene rings is 4. The van der Waals surface area contributed by atoms with Crippen LogP contribution in [0, 0.1) is 29.6 Å². The van der Waals surface area contributed by atoms with Crippen molar-refractivity contribution in [3.05, 3.63) is 130 Å². The molecule has 0 aromatic heterocycles. The second kappa shape index (κ2) is 13.7. The standard InChI is InChI=1S/C42H35Cl2N3O7/c1-53-27-13-10-24(11-14-27)42-31(17-8-23-9-19-35(48)36(20-23)54-2)28-15-16-29-37(40(51)46(38(29)49)26-6-4-3-5-7-26)30(28)22-32(42)39(50)47(41(42)52)45-34-18-12-25(43)21-33(34)44/h3-15,17-21,29-32,37,45,48H,16,22H2,1-2H3. The van der Waals surface area contributed by atoms with E-state index in [1.54, 1.807) is 79.9 Å². The molecule has 2 N–H and O–H groups in total. The number of anilines is 2. The second-order valence-corrected chi connectivity index (χ2v) is 14.7. The third-order valence-corrected chi connectivity index (χ3v) is 11.9. The number of ether oxygens (including phenoxy) is 2. The normalized spacial score (nSPS) is 26.1. The molecule has 0 radical (unpaired) electrons. The Hall–Kier alpha value is -5.58. The van der Waals surface area contributed by atoms with Gasteiger partial charge >= 0.3 is 0 Å². The summed E-state index contributed by atoms with van der Waals surface area (Å²) in [7, 11) is 3.00. The van der Waals surface area contributed by atoms with Gasteiger partial charge in [-0.15, -0.1) is 0 Å². The number of methoxy groups -OCH3 is 2. The molecule has 2 aliphatic heterocycles. The van der Waals surface area contributed by atoms with Gasteiger partial charge < -0.3 is 14.6 Å². The monoisotopic (exact) mass is 763 g/mol. The highest BCUT2D eigenvalue weighted by Crippen LogP contribution is 2.62. The first-order chi connectivity index (χ1) is 26.1. The minimum absolute atomic E-state index is 0.0327. The number of carbonyl (C=O) groups excluding carboxylic acids is 4. The smallest absolute Gasteiger partial charge is 0.260 e. The van der Waals surface area contributed by atoms with Crippen LogP contribution in [0.4, 0.5) is 11.4 Å². The predicted octanol–water partition coefficient (Wildman–Crippen LogP) is 7.45. The van der Waals surface area contributed by atoms with E-state index in [-0.39, 0.29) is 41.2 Å². The molecule has 2 heterocycles. The number of phenolic OH excluding ortho intramolecular Hbond substituents is 1. The number of carbonyl (C=O) groups is 4. The van der Waals surface area contributed by atoms with E-state index in [0.717, 1.165) is 10.6 Å². The highest BCUT2D eigenvalue weighted by molar-refractivity contribution is 6.36. The van der Waals surface area contributed by atoms with Crippen LogP contribution in [-0.2, 0) is 24.6 Å². The van der Waals surface area contributed by atoms with Crippen LogP contribution in [-0.4, -0.2) is 48.0 Å². The van der Waals surface area contributed by atoms with E-state index < -0.39 is 46.8 Å². The molecule has 12 heteroatoms. The molecule has 4 aliphatic rings. The molecule has 54 heavy (non-hydrogen) atoms. The summed E-state index contributed by atoms with van der Waals surface area (Å²) in [5, 5.41) is 11.9. The first kappa shape index (κ1) is 35.4. The maximum absolute atomic E-state index is 15.3. The lowest BCUT2D eigenvalue weighted by Crippen LogP contribution is -2.54. The van der Waals surface area contributed by atoms with Crippen LogP contribution >= 0.6 is 23.2 Å². The van der Waals surface area contributed by atoms with E-state index in [0.29, 0.717) is 33.3 Å². The van der Waals surface area contributed by atoms with Crippen LogP contribution in [0.2, 0.25) is 10.0 Å². The lowest BCUT2D eigenvalue weighted by Gasteiger charge is -2.49. The quantitative estimate of drug-likeness (QED) is 0.140. The summed E-state index contributed by atoms with van der Waals surface area (Å²) >= 11 is 12.7. The molecule has 4 amide bonds. The Morgan fingerprint density at radius 3 is 2.31 bits per heavy atom. The highest BCUT2D eigenvalue weighted by Gasteiger charge is 2.69. The van der Waals surface area contributed by atoms with Gasteiger partial charge in [0.05, 0.1) is 53.8 Å². The molecule has 6 unspecified atom stereocenters. The predicted molar refractivity (Wildman–Crippen MR) is 204 cm³/mol. The zero-order chi connectivity index (χ0) is 37.9. The second-order valence-electron chi connectivity index (χ2n) is 13.9. The van der Waals surface area contributed by atoms with Crippen LogP contribution in [0.15, 0.2) is 109 Å². The van der Waals surface area contributed by atoms with E-state index in [4.69, 9.17) is 32.7 Å². The van der Waals surface area contributed by atoms with E-state index in [2.05, 4.69) is 5.43 Å². The van der Waals surface area contributed by atoms with Gasteiger partial charge in [-0.1, -0.05) is 83.4 Å². The van der Waals surface area contributed by atoms with Crippen molar-refractivity contribution < 1.29 is 33.8 Å². The molecule has 2 saturated heterocycles. The number of nitrogens with one attached hydrogen (secondary N) is 1. The van der Waals surface area contributed by atoms with Crippen molar-refractivity contribution >= 4 is 64.3 Å². The first-order valence-corrected chi connectivity index (χ1v) is 18.3. The number of amides is 4. The van der Waals surface area contributed by atoms with Crippen molar-refractivity contribution in [3.8, 4) is 17.2 Å². The lowest BCUT2D eigenvalue weighted by atomic mass is 9.50. The van der Waals surface area contributed by atoms with Crippen molar-refractivity contribution in [2.24, 2.45) is 29.6 Å². The van der Waals surface area contributed by atoms with Crippen LogP contribution in [0.5, 0.6) is 17.2 Å². The van der Waals surface area contributed by atoms with Crippen LogP contribution in [0.25, 0.3) is 6.08 Å². The summed E-state index contributed by atoms with van der Waals surface area (Å²) in [5.41, 5.74) is 4.36. The summed E-state index contributed by atoms with van der Waals surface area (Å²) in [4.78, 5) is 59.9. The maximum atomic E-state index is 15.3. The van der Waals surface area contributed by atoms with Gasteiger partial charge in [-0.25, -0.2) is 0 Å². The van der Waals surface area contributed by atoms with E-state index >= 15 is 4.79 Å². The Kier molecular flexibility index (Phi) is 8.98. The van der Waals surface area contributed by atoms with Crippen LogP contribution in [0.3, 0.4) is 0 Å². The molecular weight excluding hydrogens is 729 g/mol. The van der Waals surface area contributed by atoms with Crippen molar-refractivity contribution in [3.63, 3.8) is 0 Å². The molecular formula is C42H35Cl2N3O7. The molecule has 2 aliphatic carbocycles. The number of hydrogen-bond donors (Lipinski definition) is 2. The van der Waals surface area contributed by atoms with Crippen molar-refractivity contribution in [2.45, 2.75) is 18.3 Å². The number of hydrazine groups is 1. The fraction of sp³-hybridized carbons (Fsp3) is 0.238. The van der Waals surface area contributed by atoms with Gasteiger partial charge in [-0.2, -0.15) is 5.01 Å². The zero-order valence-corrected chi connectivity index (χ0v) is 30.8. The number of fused-ring (bicyclic) bond motifs is 4. The fourth-order valence-corrected chi connectivity index (χ4v) is 9.38. The number of hydrogen-bond acceptors (Lipinski definition) is 8. The summed E-state index contributed by atoms with van der Waals surface area (Å²) in [6.45, 7) is 0. The van der Waals surface area contributed by atoms with Crippen molar-refractivity contribution in [1.82, 2.24) is 5.01 Å². The minimum atomic E-state index is -1.49. The number of allylic oxidation sites excluding steroid dienone is 3. The third kappa shape index (κ3) is 5.46. The number of phenols is 1. The average Bonchev–Trinajstić information content (AvgIpc) is 3.56.